The lowest BCUT2D eigenvalue weighted by Crippen LogP contribution is -2.12. The normalized spacial score (nSPS) is 15.5. The zero-order valence-electron chi connectivity index (χ0n) is 9.21. The van der Waals surface area contributed by atoms with Gasteiger partial charge in [-0.3, -0.25) is 0 Å². The Labute approximate surface area is 87.8 Å². The predicted molar refractivity (Wildman–Crippen MR) is 62.9 cm³/mol. The van der Waals surface area contributed by atoms with E-state index in [9.17, 15) is 0 Å². The lowest BCUT2D eigenvalue weighted by atomic mass is 10.0. The first-order valence-corrected chi connectivity index (χ1v) is 5.59. The fourth-order valence-electron chi connectivity index (χ4n) is 1.70. The van der Waals surface area contributed by atoms with Crippen molar-refractivity contribution in [2.24, 2.45) is 0 Å². The van der Waals surface area contributed by atoms with Gasteiger partial charge in [-0.05, 0) is 19.3 Å². The lowest BCUT2D eigenvalue weighted by Gasteiger charge is -2.19. The van der Waals surface area contributed by atoms with E-state index in [2.05, 4.69) is 36.9 Å². The molecule has 0 fully saturated rings. The average Bonchev–Trinajstić information content (AvgIpc) is 2.19. The highest BCUT2D eigenvalue weighted by Gasteiger charge is 2.03. The highest BCUT2D eigenvalue weighted by molar-refractivity contribution is 5.14. The Balaban J connectivity index is 2.33. The Bertz CT molecular complexity index is 225. The molecule has 0 aliphatic carbocycles. The summed E-state index contributed by atoms with van der Waals surface area (Å²) in [6, 6.07) is 0. The van der Waals surface area contributed by atoms with E-state index in [1.807, 2.05) is 6.08 Å². The summed E-state index contributed by atoms with van der Waals surface area (Å²) in [4.78, 5) is 2.21. The number of nitrogens with zero attached hydrogens (tertiary/aromatic N) is 1. The third-order valence-corrected chi connectivity index (χ3v) is 2.47. The Morgan fingerprint density at radius 2 is 2.36 bits per heavy atom. The first-order chi connectivity index (χ1) is 6.86. The Morgan fingerprint density at radius 1 is 1.50 bits per heavy atom. The summed E-state index contributed by atoms with van der Waals surface area (Å²) in [5.74, 6) is 0. The van der Waals surface area contributed by atoms with Gasteiger partial charge >= 0.3 is 0 Å². The van der Waals surface area contributed by atoms with E-state index in [0.29, 0.717) is 0 Å². The van der Waals surface area contributed by atoms with Gasteiger partial charge in [0.25, 0.3) is 0 Å². The van der Waals surface area contributed by atoms with Gasteiger partial charge in [0, 0.05) is 18.9 Å². The topological polar surface area (TPSA) is 3.24 Å². The Morgan fingerprint density at radius 3 is 3.07 bits per heavy atom. The van der Waals surface area contributed by atoms with Gasteiger partial charge in [0.15, 0.2) is 0 Å². The minimum Gasteiger partial charge on any atom is -0.351 e. The molecule has 14 heavy (non-hydrogen) atoms. The molecule has 1 aliphatic heterocycles. The summed E-state index contributed by atoms with van der Waals surface area (Å²) < 4.78 is 0. The van der Waals surface area contributed by atoms with E-state index in [0.717, 1.165) is 13.0 Å². The second-order valence-corrected chi connectivity index (χ2v) is 3.82. The van der Waals surface area contributed by atoms with Crippen molar-refractivity contribution in [3.63, 3.8) is 0 Å². The molecule has 0 aromatic rings. The highest BCUT2D eigenvalue weighted by atomic mass is 15.1. The van der Waals surface area contributed by atoms with Crippen LogP contribution < -0.4 is 0 Å². The summed E-state index contributed by atoms with van der Waals surface area (Å²) in [6.07, 6.45) is 15.0. The molecular weight excluding hydrogens is 170 g/mol. The van der Waals surface area contributed by atoms with Gasteiger partial charge in [-0.1, -0.05) is 37.5 Å². The van der Waals surface area contributed by atoms with E-state index in [1.54, 1.807) is 5.57 Å². The van der Waals surface area contributed by atoms with E-state index < -0.39 is 0 Å². The van der Waals surface area contributed by atoms with Crippen molar-refractivity contribution in [2.45, 2.75) is 39.0 Å². The molecule has 0 spiro atoms. The molecule has 0 amide bonds. The second kappa shape index (κ2) is 6.47. The van der Waals surface area contributed by atoms with Crippen molar-refractivity contribution in [1.82, 2.24) is 4.90 Å². The molecule has 1 heteroatoms. The fourth-order valence-corrected chi connectivity index (χ4v) is 1.70. The summed E-state index contributed by atoms with van der Waals surface area (Å²) in [7, 11) is 0. The molecule has 0 aromatic carbocycles. The van der Waals surface area contributed by atoms with Crippen molar-refractivity contribution in [1.29, 1.82) is 0 Å². The molecule has 0 N–H and O–H groups in total. The van der Waals surface area contributed by atoms with Crippen molar-refractivity contribution in [3.8, 4) is 0 Å². The third-order valence-electron chi connectivity index (χ3n) is 2.47. The van der Waals surface area contributed by atoms with Gasteiger partial charge in [0.2, 0.25) is 0 Å². The van der Waals surface area contributed by atoms with Crippen LogP contribution in [0.4, 0.5) is 0 Å². The minimum absolute atomic E-state index is 0.924. The van der Waals surface area contributed by atoms with Crippen LogP contribution in [0.25, 0.3) is 0 Å². The SMILES string of the molecule is C=CCN1C=CCC(CCCCC)=C1. The van der Waals surface area contributed by atoms with Crippen LogP contribution in [0.15, 0.2) is 36.7 Å². The number of hydrogen-bond donors (Lipinski definition) is 0. The van der Waals surface area contributed by atoms with E-state index in [4.69, 9.17) is 0 Å². The van der Waals surface area contributed by atoms with Crippen LogP contribution in [-0.4, -0.2) is 11.4 Å². The smallest absolute Gasteiger partial charge is 0.0397 e. The molecule has 0 bridgehead atoms. The van der Waals surface area contributed by atoms with Gasteiger partial charge < -0.3 is 4.90 Å². The highest BCUT2D eigenvalue weighted by Crippen LogP contribution is 2.18. The molecule has 0 radical (unpaired) electrons. The molecule has 0 aromatic heterocycles. The molecule has 0 saturated heterocycles. The van der Waals surface area contributed by atoms with Crippen LogP contribution in [-0.2, 0) is 0 Å². The molecule has 1 heterocycles. The minimum atomic E-state index is 0.924. The zero-order chi connectivity index (χ0) is 10.2. The molecule has 1 nitrogen and oxygen atoms in total. The molecule has 1 aliphatic rings. The van der Waals surface area contributed by atoms with Gasteiger partial charge in [-0.15, -0.1) is 6.58 Å². The predicted octanol–water partition coefficient (Wildman–Crippen LogP) is 3.86. The maximum absolute atomic E-state index is 3.75. The largest absolute Gasteiger partial charge is 0.351 e. The molecule has 1 rings (SSSR count). The molecule has 0 unspecified atom stereocenters. The van der Waals surface area contributed by atoms with Crippen molar-refractivity contribution < 1.29 is 0 Å². The molecular formula is C13H21N. The van der Waals surface area contributed by atoms with Crippen LogP contribution in [0.1, 0.15) is 39.0 Å². The van der Waals surface area contributed by atoms with Gasteiger partial charge in [0.1, 0.15) is 0 Å². The Kier molecular flexibility index (Phi) is 5.13. The van der Waals surface area contributed by atoms with E-state index >= 15 is 0 Å². The first-order valence-electron chi connectivity index (χ1n) is 5.59. The average molecular weight is 191 g/mol. The van der Waals surface area contributed by atoms with Crippen LogP contribution in [0, 0.1) is 0 Å². The lowest BCUT2D eigenvalue weighted by molar-refractivity contribution is 0.539. The number of hydrogen-bond acceptors (Lipinski definition) is 1. The standard InChI is InChI=1S/C13H21N/c1-3-5-6-8-13-9-7-11-14(12-13)10-4-2/h4,7,11-12H,2-3,5-6,8-10H2,1H3. The maximum atomic E-state index is 3.75. The molecule has 78 valence electrons. The third kappa shape index (κ3) is 3.82. The number of rotatable bonds is 6. The van der Waals surface area contributed by atoms with E-state index in [1.165, 1.54) is 25.7 Å². The van der Waals surface area contributed by atoms with Gasteiger partial charge in [-0.2, -0.15) is 0 Å². The van der Waals surface area contributed by atoms with E-state index in [-0.39, 0.29) is 0 Å². The number of allylic oxidation sites excluding steroid dienone is 2. The van der Waals surface area contributed by atoms with Crippen molar-refractivity contribution in [3.05, 3.63) is 36.7 Å². The van der Waals surface area contributed by atoms with Crippen LogP contribution in [0.2, 0.25) is 0 Å². The summed E-state index contributed by atoms with van der Waals surface area (Å²) in [5.41, 5.74) is 1.56. The Hall–Kier alpha value is -0.980. The monoisotopic (exact) mass is 191 g/mol. The van der Waals surface area contributed by atoms with Gasteiger partial charge in [-0.25, -0.2) is 0 Å². The summed E-state index contributed by atoms with van der Waals surface area (Å²) in [6.45, 7) is 6.92. The van der Waals surface area contributed by atoms with Crippen molar-refractivity contribution >= 4 is 0 Å². The molecule has 0 atom stereocenters. The summed E-state index contributed by atoms with van der Waals surface area (Å²) >= 11 is 0. The van der Waals surface area contributed by atoms with Gasteiger partial charge in [0.05, 0.1) is 0 Å². The quantitative estimate of drug-likeness (QED) is 0.455. The number of unbranched alkanes of at least 4 members (excludes halogenated alkanes) is 2. The maximum Gasteiger partial charge on any atom is 0.0397 e. The van der Waals surface area contributed by atoms with Crippen LogP contribution in [0.5, 0.6) is 0 Å². The second-order valence-electron chi connectivity index (χ2n) is 3.82. The van der Waals surface area contributed by atoms with Crippen LogP contribution >= 0.6 is 0 Å². The summed E-state index contributed by atoms with van der Waals surface area (Å²) in [5, 5.41) is 0. The van der Waals surface area contributed by atoms with Crippen LogP contribution in [0.3, 0.4) is 0 Å². The fraction of sp³-hybridized carbons (Fsp3) is 0.538. The molecule has 0 saturated carbocycles. The first kappa shape index (κ1) is 11.1. The van der Waals surface area contributed by atoms with Crippen molar-refractivity contribution in [2.75, 3.05) is 6.54 Å². The zero-order valence-corrected chi connectivity index (χ0v) is 9.21.